The Bertz CT molecular complexity index is 1500. The van der Waals surface area contributed by atoms with E-state index in [-0.39, 0.29) is 10.9 Å². The Hall–Kier alpha value is -3.35. The van der Waals surface area contributed by atoms with E-state index in [4.69, 9.17) is 0 Å². The number of rotatable bonds is 0. The van der Waals surface area contributed by atoms with E-state index < -0.39 is 40.7 Å². The summed E-state index contributed by atoms with van der Waals surface area (Å²) in [5.74, 6) is -5.06. The van der Waals surface area contributed by atoms with Crippen molar-refractivity contribution in [3.05, 3.63) is 116 Å². The van der Waals surface area contributed by atoms with E-state index in [9.17, 15) is 30.7 Å². The predicted octanol–water partition coefficient (Wildman–Crippen LogP) is 9.85. The second kappa shape index (κ2) is 12.2. The van der Waals surface area contributed by atoms with Crippen molar-refractivity contribution in [1.29, 1.82) is 0 Å². The number of aryl methyl sites for hydroxylation is 6. The van der Waals surface area contributed by atoms with Crippen molar-refractivity contribution < 1.29 is 30.7 Å². The van der Waals surface area contributed by atoms with E-state index in [2.05, 4.69) is 6.92 Å². The van der Waals surface area contributed by atoms with Gasteiger partial charge in [-0.2, -0.15) is 0 Å². The summed E-state index contributed by atoms with van der Waals surface area (Å²) >= 11 is 0. The summed E-state index contributed by atoms with van der Waals surface area (Å²) in [5.41, 5.74) is 3.22. The molecule has 1 atom stereocenters. The van der Waals surface area contributed by atoms with Crippen LogP contribution in [0.15, 0.2) is 36.4 Å². The average Bonchev–Trinajstić information content (AvgIpc) is 2.90. The molecule has 0 bridgehead atoms. The topological polar surface area (TPSA) is 0 Å². The van der Waals surface area contributed by atoms with Crippen LogP contribution in [0.4, 0.5) is 30.7 Å². The van der Waals surface area contributed by atoms with Gasteiger partial charge >= 0.3 is 0 Å². The van der Waals surface area contributed by atoms with Gasteiger partial charge in [0, 0.05) is 0 Å². The number of halogens is 7. The highest BCUT2D eigenvalue weighted by atomic mass is 19.2. The molecule has 0 radical (unpaired) electrons. The zero-order valence-corrected chi connectivity index (χ0v) is 22.8. The molecule has 0 amide bonds. The first kappa shape index (κ1) is 30.2. The predicted molar refractivity (Wildman–Crippen MR) is 141 cm³/mol. The second-order valence-corrected chi connectivity index (χ2v) is 10.3. The molecule has 0 saturated carbocycles. The minimum atomic E-state index is -1.11. The van der Waals surface area contributed by atoms with E-state index in [0.717, 1.165) is 18.4 Å². The van der Waals surface area contributed by atoms with Crippen LogP contribution in [0.3, 0.4) is 0 Å². The molecule has 1 aliphatic carbocycles. The maximum Gasteiger partial charge on any atom is 0.169 e. The standard InChI is InChI=1S/C12H9F3.C12H14F2.C8H8F2/c1-6-3-4-8-5-7(2)11(14)12(15)9(8)10(6)13;1-7-3-4-9-6-8(2)11(13)12(14)10(9)5-7;1-5-3-4-6(2)8(10)7(5)9/h3-5H,1-2H3;6-7H,3-5H2,1-2H3;3-4H,1-2H3. The number of benzene rings is 4. The minimum Gasteiger partial charge on any atom is -0.206 e. The van der Waals surface area contributed by atoms with Crippen LogP contribution in [0.1, 0.15) is 52.3 Å². The van der Waals surface area contributed by atoms with Gasteiger partial charge < -0.3 is 0 Å². The summed E-state index contributed by atoms with van der Waals surface area (Å²) in [4.78, 5) is 0. The maximum absolute atomic E-state index is 13.6. The van der Waals surface area contributed by atoms with Crippen LogP contribution >= 0.6 is 0 Å². The molecule has 0 aliphatic heterocycles. The van der Waals surface area contributed by atoms with E-state index in [1.807, 2.05) is 0 Å². The van der Waals surface area contributed by atoms with Crippen molar-refractivity contribution >= 4 is 10.8 Å². The van der Waals surface area contributed by atoms with Crippen molar-refractivity contribution in [3.8, 4) is 0 Å². The zero-order chi connectivity index (χ0) is 29.2. The van der Waals surface area contributed by atoms with E-state index in [1.165, 1.54) is 33.8 Å². The summed E-state index contributed by atoms with van der Waals surface area (Å²) in [5, 5.41) is 0.118. The minimum absolute atomic E-state index is 0.184. The van der Waals surface area contributed by atoms with Crippen LogP contribution in [0.25, 0.3) is 10.8 Å². The lowest BCUT2D eigenvalue weighted by molar-refractivity contribution is 0.446. The highest BCUT2D eigenvalue weighted by Gasteiger charge is 2.22. The molecule has 0 spiro atoms. The van der Waals surface area contributed by atoms with Crippen LogP contribution in [-0.4, -0.2) is 0 Å². The van der Waals surface area contributed by atoms with Crippen LogP contribution < -0.4 is 0 Å². The fourth-order valence-corrected chi connectivity index (χ4v) is 4.52. The van der Waals surface area contributed by atoms with E-state index in [0.29, 0.717) is 45.5 Å². The molecule has 0 saturated heterocycles. The van der Waals surface area contributed by atoms with Crippen LogP contribution in [0, 0.1) is 81.3 Å². The summed E-state index contributed by atoms with van der Waals surface area (Å²) in [7, 11) is 0. The Morgan fingerprint density at radius 3 is 1.59 bits per heavy atom. The van der Waals surface area contributed by atoms with Gasteiger partial charge in [0.25, 0.3) is 0 Å². The third-order valence-electron chi connectivity index (χ3n) is 7.01. The molecular formula is C32H31F7. The third kappa shape index (κ3) is 6.45. The Kier molecular flexibility index (Phi) is 9.47. The Morgan fingerprint density at radius 2 is 1.00 bits per heavy atom. The fourth-order valence-electron chi connectivity index (χ4n) is 4.52. The maximum atomic E-state index is 13.6. The smallest absolute Gasteiger partial charge is 0.169 e. The van der Waals surface area contributed by atoms with Crippen LogP contribution in [-0.2, 0) is 12.8 Å². The van der Waals surface area contributed by atoms with Crippen LogP contribution in [0.2, 0.25) is 0 Å². The van der Waals surface area contributed by atoms with Gasteiger partial charge in [0.1, 0.15) is 5.82 Å². The molecule has 208 valence electrons. The Balaban J connectivity index is 0.000000165. The van der Waals surface area contributed by atoms with E-state index >= 15 is 0 Å². The molecule has 0 nitrogen and oxygen atoms in total. The molecule has 4 aromatic rings. The fraction of sp³-hybridized carbons (Fsp3) is 0.312. The lowest BCUT2D eigenvalue weighted by Gasteiger charge is -2.22. The molecular weight excluding hydrogens is 517 g/mol. The number of hydrogen-bond donors (Lipinski definition) is 0. The largest absolute Gasteiger partial charge is 0.206 e. The lowest BCUT2D eigenvalue weighted by atomic mass is 9.84. The number of hydrogen-bond acceptors (Lipinski definition) is 0. The molecule has 0 aromatic heterocycles. The van der Waals surface area contributed by atoms with Gasteiger partial charge in [-0.1, -0.05) is 37.3 Å². The van der Waals surface area contributed by atoms with Crippen molar-refractivity contribution in [2.75, 3.05) is 0 Å². The van der Waals surface area contributed by atoms with Gasteiger partial charge in [0.05, 0.1) is 5.39 Å². The van der Waals surface area contributed by atoms with Gasteiger partial charge in [-0.15, -0.1) is 0 Å². The summed E-state index contributed by atoms with van der Waals surface area (Å²) in [6.45, 7) is 9.76. The third-order valence-corrected chi connectivity index (χ3v) is 7.01. The Labute approximate surface area is 224 Å². The first-order valence-electron chi connectivity index (χ1n) is 12.6. The summed E-state index contributed by atoms with van der Waals surface area (Å²) in [6.07, 6.45) is 2.64. The first-order chi connectivity index (χ1) is 18.2. The van der Waals surface area contributed by atoms with Crippen molar-refractivity contribution in [3.63, 3.8) is 0 Å². The van der Waals surface area contributed by atoms with Gasteiger partial charge in [0.2, 0.25) is 0 Å². The van der Waals surface area contributed by atoms with Crippen molar-refractivity contribution in [2.24, 2.45) is 5.92 Å². The molecule has 7 heteroatoms. The summed E-state index contributed by atoms with van der Waals surface area (Å²) < 4.78 is 92.3. The van der Waals surface area contributed by atoms with Gasteiger partial charge in [0.15, 0.2) is 34.9 Å². The van der Waals surface area contributed by atoms with Gasteiger partial charge in [-0.05, 0) is 110 Å². The summed E-state index contributed by atoms with van der Waals surface area (Å²) in [6, 6.07) is 9.50. The molecule has 5 rings (SSSR count). The second-order valence-electron chi connectivity index (χ2n) is 10.3. The molecule has 1 unspecified atom stereocenters. The average molecular weight is 549 g/mol. The molecule has 0 heterocycles. The molecule has 0 fully saturated rings. The monoisotopic (exact) mass is 548 g/mol. The van der Waals surface area contributed by atoms with Gasteiger partial charge in [-0.25, -0.2) is 30.7 Å². The quantitative estimate of drug-likeness (QED) is 0.192. The lowest BCUT2D eigenvalue weighted by Crippen LogP contribution is -2.14. The molecule has 39 heavy (non-hydrogen) atoms. The molecule has 1 aliphatic rings. The molecule has 0 N–H and O–H groups in total. The zero-order valence-electron chi connectivity index (χ0n) is 22.8. The SMILES string of the molecule is Cc1cc2c(c(F)c1F)CC(C)CC2.Cc1cc2ccc(C)c(F)c2c(F)c1F.Cc1ccc(C)c(F)c1F. The van der Waals surface area contributed by atoms with Gasteiger partial charge in [-0.3, -0.25) is 0 Å². The van der Waals surface area contributed by atoms with E-state index in [1.54, 1.807) is 37.3 Å². The highest BCUT2D eigenvalue weighted by Crippen LogP contribution is 2.30. The van der Waals surface area contributed by atoms with Crippen molar-refractivity contribution in [2.45, 2.75) is 60.8 Å². The first-order valence-corrected chi connectivity index (χ1v) is 12.6. The highest BCUT2D eigenvalue weighted by molar-refractivity contribution is 5.85. The van der Waals surface area contributed by atoms with Crippen LogP contribution in [0.5, 0.6) is 0 Å². The molecule has 4 aromatic carbocycles. The Morgan fingerprint density at radius 1 is 0.538 bits per heavy atom. The normalized spacial score (nSPS) is 14.2. The number of fused-ring (bicyclic) bond motifs is 2. The van der Waals surface area contributed by atoms with Crippen molar-refractivity contribution in [1.82, 2.24) is 0 Å².